The van der Waals surface area contributed by atoms with Crippen molar-refractivity contribution >= 4 is 22.9 Å². The fourth-order valence-corrected chi connectivity index (χ4v) is 3.59. The minimum absolute atomic E-state index is 0.00173. The number of hydrogen-bond acceptors (Lipinski definition) is 2. The summed E-state index contributed by atoms with van der Waals surface area (Å²) in [6.45, 7) is 0. The molecule has 1 aromatic heterocycles. The first kappa shape index (κ1) is 14.9. The predicted octanol–water partition coefficient (Wildman–Crippen LogP) is 5.50. The Bertz CT molecular complexity index is 661. The number of alkyl halides is 3. The summed E-state index contributed by atoms with van der Waals surface area (Å²) in [5.41, 5.74) is 5.84. The van der Waals surface area contributed by atoms with Crippen molar-refractivity contribution in [2.45, 2.75) is 25.1 Å². The fraction of sp³-hybridized carbons (Fsp3) is 0.333. The monoisotopic (exact) mass is 331 g/mol. The summed E-state index contributed by atoms with van der Waals surface area (Å²) in [5, 5.41) is -0.280. The van der Waals surface area contributed by atoms with Crippen molar-refractivity contribution in [3.63, 3.8) is 0 Å². The Labute approximate surface area is 129 Å². The topological polar surface area (TPSA) is 26.0 Å². The van der Waals surface area contributed by atoms with E-state index in [1.54, 1.807) is 6.07 Å². The second kappa shape index (κ2) is 5.30. The molecule has 0 spiro atoms. The summed E-state index contributed by atoms with van der Waals surface area (Å²) in [5.74, 6) is 0.521. The van der Waals surface area contributed by atoms with Crippen LogP contribution in [0.1, 0.15) is 29.3 Å². The zero-order chi connectivity index (χ0) is 15.2. The van der Waals surface area contributed by atoms with E-state index in [-0.39, 0.29) is 11.1 Å². The minimum atomic E-state index is -4.45. The molecule has 112 valence electrons. The number of halogens is 4. The average molecular weight is 332 g/mol. The Morgan fingerprint density at radius 3 is 2.52 bits per heavy atom. The molecule has 0 bridgehead atoms. The molecule has 1 aliphatic carbocycles. The van der Waals surface area contributed by atoms with E-state index in [1.165, 1.54) is 17.4 Å². The van der Waals surface area contributed by atoms with Gasteiger partial charge in [-0.2, -0.15) is 13.2 Å². The van der Waals surface area contributed by atoms with Crippen molar-refractivity contribution in [2.24, 2.45) is 11.7 Å². The Hall–Kier alpha value is -1.04. The molecule has 6 heteroatoms. The third kappa shape index (κ3) is 3.10. The van der Waals surface area contributed by atoms with Gasteiger partial charge in [0, 0.05) is 15.8 Å². The van der Waals surface area contributed by atoms with Crippen molar-refractivity contribution in [2.75, 3.05) is 0 Å². The van der Waals surface area contributed by atoms with Crippen LogP contribution in [0.15, 0.2) is 30.3 Å². The molecule has 1 heterocycles. The van der Waals surface area contributed by atoms with Gasteiger partial charge in [-0.3, -0.25) is 0 Å². The molecule has 2 aromatic rings. The van der Waals surface area contributed by atoms with Gasteiger partial charge in [0.05, 0.1) is 10.6 Å². The fourth-order valence-electron chi connectivity index (χ4n) is 2.27. The Balaban J connectivity index is 1.93. The summed E-state index contributed by atoms with van der Waals surface area (Å²) < 4.78 is 38.7. The van der Waals surface area contributed by atoms with Crippen LogP contribution in [0.4, 0.5) is 13.2 Å². The molecule has 3 rings (SSSR count). The van der Waals surface area contributed by atoms with Crippen LogP contribution >= 0.6 is 22.9 Å². The molecule has 0 aliphatic heterocycles. The lowest BCUT2D eigenvalue weighted by atomic mass is 10.1. The molecule has 1 atom stereocenters. The lowest BCUT2D eigenvalue weighted by Gasteiger charge is -2.10. The van der Waals surface area contributed by atoms with Crippen LogP contribution in [0.2, 0.25) is 5.02 Å². The average Bonchev–Trinajstić information content (AvgIpc) is 3.15. The van der Waals surface area contributed by atoms with Gasteiger partial charge in [-0.1, -0.05) is 17.7 Å². The van der Waals surface area contributed by atoms with Crippen molar-refractivity contribution in [1.82, 2.24) is 0 Å². The molecule has 0 amide bonds. The lowest BCUT2D eigenvalue weighted by molar-refractivity contribution is -0.137. The Morgan fingerprint density at radius 2 is 1.90 bits per heavy atom. The molecule has 1 aromatic carbocycles. The van der Waals surface area contributed by atoms with Crippen LogP contribution in [0.5, 0.6) is 0 Å². The number of rotatable bonds is 3. The van der Waals surface area contributed by atoms with Crippen molar-refractivity contribution in [1.29, 1.82) is 0 Å². The van der Waals surface area contributed by atoms with Crippen LogP contribution in [-0.4, -0.2) is 0 Å². The zero-order valence-electron chi connectivity index (χ0n) is 11.0. The summed E-state index contributed by atoms with van der Waals surface area (Å²) in [6, 6.07) is 7.73. The Morgan fingerprint density at radius 1 is 1.19 bits per heavy atom. The van der Waals surface area contributed by atoms with Crippen LogP contribution in [-0.2, 0) is 6.18 Å². The van der Waals surface area contributed by atoms with E-state index >= 15 is 0 Å². The highest BCUT2D eigenvalue weighted by Gasteiger charge is 2.34. The second-order valence-corrected chi connectivity index (χ2v) is 6.78. The van der Waals surface area contributed by atoms with Gasteiger partial charge in [0.15, 0.2) is 0 Å². The van der Waals surface area contributed by atoms with Crippen molar-refractivity contribution < 1.29 is 13.2 Å². The Kier molecular flexibility index (Phi) is 3.76. The van der Waals surface area contributed by atoms with Crippen LogP contribution in [0, 0.1) is 5.92 Å². The molecule has 0 radical (unpaired) electrons. The van der Waals surface area contributed by atoms with Gasteiger partial charge < -0.3 is 5.73 Å². The third-order valence-corrected chi connectivity index (χ3v) is 5.21. The highest BCUT2D eigenvalue weighted by atomic mass is 35.5. The van der Waals surface area contributed by atoms with E-state index in [9.17, 15) is 13.2 Å². The maximum atomic E-state index is 12.9. The molecule has 21 heavy (non-hydrogen) atoms. The third-order valence-electron chi connectivity index (χ3n) is 3.64. The highest BCUT2D eigenvalue weighted by molar-refractivity contribution is 7.15. The van der Waals surface area contributed by atoms with Gasteiger partial charge in [-0.15, -0.1) is 11.3 Å². The van der Waals surface area contributed by atoms with E-state index in [0.29, 0.717) is 11.5 Å². The smallest absolute Gasteiger partial charge is 0.323 e. The van der Waals surface area contributed by atoms with Gasteiger partial charge in [-0.25, -0.2) is 0 Å². The zero-order valence-corrected chi connectivity index (χ0v) is 12.5. The normalized spacial score (nSPS) is 17.0. The predicted molar refractivity (Wildman–Crippen MR) is 79.4 cm³/mol. The van der Waals surface area contributed by atoms with Crippen LogP contribution in [0.25, 0.3) is 10.4 Å². The number of hydrogen-bond donors (Lipinski definition) is 1. The van der Waals surface area contributed by atoms with E-state index in [2.05, 4.69) is 0 Å². The molecule has 0 saturated heterocycles. The number of nitrogens with two attached hydrogens (primary N) is 1. The van der Waals surface area contributed by atoms with Crippen molar-refractivity contribution in [3.05, 3.63) is 45.8 Å². The number of thiophene rings is 1. The van der Waals surface area contributed by atoms with Gasteiger partial charge >= 0.3 is 6.18 Å². The summed E-state index contributed by atoms with van der Waals surface area (Å²) in [4.78, 5) is 1.80. The standard InChI is InChI=1S/C15H13ClF3NS/c16-11-4-3-9(7-10(11)15(17,18)19)12-5-6-13(21-12)14(20)8-1-2-8/h3-8,14H,1-2,20H2. The maximum Gasteiger partial charge on any atom is 0.417 e. The molecular formula is C15H13ClF3NS. The van der Waals surface area contributed by atoms with Crippen LogP contribution in [0.3, 0.4) is 0 Å². The molecule has 2 N–H and O–H groups in total. The van der Waals surface area contributed by atoms with E-state index in [1.807, 2.05) is 12.1 Å². The van der Waals surface area contributed by atoms with Gasteiger partial charge in [0.1, 0.15) is 0 Å². The molecule has 1 saturated carbocycles. The van der Waals surface area contributed by atoms with Crippen LogP contribution < -0.4 is 5.73 Å². The summed E-state index contributed by atoms with van der Waals surface area (Å²) in [7, 11) is 0. The first-order valence-corrected chi connectivity index (χ1v) is 7.78. The van der Waals surface area contributed by atoms with Crippen molar-refractivity contribution in [3.8, 4) is 10.4 Å². The quantitative estimate of drug-likeness (QED) is 0.790. The van der Waals surface area contributed by atoms with Gasteiger partial charge in [-0.05, 0) is 48.6 Å². The van der Waals surface area contributed by atoms with Gasteiger partial charge in [0.2, 0.25) is 0 Å². The highest BCUT2D eigenvalue weighted by Crippen LogP contribution is 2.43. The molecule has 1 fully saturated rings. The summed E-state index contributed by atoms with van der Waals surface area (Å²) >= 11 is 7.09. The minimum Gasteiger partial charge on any atom is -0.323 e. The SMILES string of the molecule is NC(c1ccc(-c2ccc(Cl)c(C(F)(F)F)c2)s1)C1CC1. The molecule has 1 nitrogen and oxygen atoms in total. The maximum absolute atomic E-state index is 12.9. The van der Waals surface area contributed by atoms with E-state index < -0.39 is 11.7 Å². The first-order chi connectivity index (χ1) is 9.86. The van der Waals surface area contributed by atoms with E-state index in [4.69, 9.17) is 17.3 Å². The summed E-state index contributed by atoms with van der Waals surface area (Å²) in [6.07, 6.45) is -2.18. The number of benzene rings is 1. The molecule has 1 unspecified atom stereocenters. The molecule has 1 aliphatic rings. The molecular weight excluding hydrogens is 319 g/mol. The van der Waals surface area contributed by atoms with Gasteiger partial charge in [0.25, 0.3) is 0 Å². The lowest BCUT2D eigenvalue weighted by Crippen LogP contribution is -2.10. The largest absolute Gasteiger partial charge is 0.417 e. The van der Waals surface area contributed by atoms with E-state index in [0.717, 1.165) is 28.7 Å². The second-order valence-electron chi connectivity index (χ2n) is 5.26. The first-order valence-electron chi connectivity index (χ1n) is 6.58.